The SMILES string of the molecule is Cc1nccc(NCCc2ncn(C)n2)n1. The van der Waals surface area contributed by atoms with Crippen LogP contribution in [-0.2, 0) is 13.5 Å². The van der Waals surface area contributed by atoms with Gasteiger partial charge in [0.25, 0.3) is 0 Å². The Morgan fingerprint density at radius 1 is 1.38 bits per heavy atom. The van der Waals surface area contributed by atoms with Crippen LogP contribution < -0.4 is 5.32 Å². The molecule has 0 spiro atoms. The van der Waals surface area contributed by atoms with Crippen molar-refractivity contribution in [1.82, 2.24) is 24.7 Å². The highest BCUT2D eigenvalue weighted by molar-refractivity contribution is 5.32. The van der Waals surface area contributed by atoms with Crippen molar-refractivity contribution in [2.45, 2.75) is 13.3 Å². The third kappa shape index (κ3) is 2.75. The summed E-state index contributed by atoms with van der Waals surface area (Å²) in [5.74, 6) is 2.44. The quantitative estimate of drug-likeness (QED) is 0.812. The van der Waals surface area contributed by atoms with E-state index in [0.29, 0.717) is 0 Å². The zero-order chi connectivity index (χ0) is 11.4. The largest absolute Gasteiger partial charge is 0.370 e. The summed E-state index contributed by atoms with van der Waals surface area (Å²) in [6, 6.07) is 1.85. The first kappa shape index (κ1) is 10.5. The molecule has 0 aliphatic carbocycles. The van der Waals surface area contributed by atoms with Crippen molar-refractivity contribution >= 4 is 5.82 Å². The maximum absolute atomic E-state index is 4.24. The number of hydrogen-bond acceptors (Lipinski definition) is 5. The third-order valence-electron chi connectivity index (χ3n) is 2.08. The molecule has 16 heavy (non-hydrogen) atoms. The van der Waals surface area contributed by atoms with Gasteiger partial charge < -0.3 is 5.32 Å². The second-order valence-electron chi connectivity index (χ2n) is 3.50. The Hall–Kier alpha value is -1.98. The molecule has 0 aliphatic rings. The van der Waals surface area contributed by atoms with E-state index in [1.165, 1.54) is 0 Å². The lowest BCUT2D eigenvalue weighted by molar-refractivity contribution is 0.741. The Morgan fingerprint density at radius 3 is 2.94 bits per heavy atom. The summed E-state index contributed by atoms with van der Waals surface area (Å²) >= 11 is 0. The van der Waals surface area contributed by atoms with Gasteiger partial charge in [-0.05, 0) is 13.0 Å². The Bertz CT molecular complexity index is 464. The minimum Gasteiger partial charge on any atom is -0.370 e. The number of nitrogens with one attached hydrogen (secondary N) is 1. The fraction of sp³-hybridized carbons (Fsp3) is 0.400. The Labute approximate surface area is 93.8 Å². The minimum absolute atomic E-state index is 0.764. The van der Waals surface area contributed by atoms with E-state index in [2.05, 4.69) is 25.4 Å². The van der Waals surface area contributed by atoms with E-state index in [1.807, 2.05) is 20.0 Å². The normalized spacial score (nSPS) is 10.4. The average molecular weight is 218 g/mol. The van der Waals surface area contributed by atoms with E-state index in [-0.39, 0.29) is 0 Å². The summed E-state index contributed by atoms with van der Waals surface area (Å²) in [6.45, 7) is 2.63. The Morgan fingerprint density at radius 2 is 2.25 bits per heavy atom. The van der Waals surface area contributed by atoms with Gasteiger partial charge in [-0.25, -0.2) is 15.0 Å². The van der Waals surface area contributed by atoms with E-state index in [1.54, 1.807) is 17.2 Å². The molecule has 0 saturated heterocycles. The molecule has 2 heterocycles. The van der Waals surface area contributed by atoms with Crippen molar-refractivity contribution in [1.29, 1.82) is 0 Å². The molecule has 6 heteroatoms. The molecule has 0 amide bonds. The number of aryl methyl sites for hydroxylation is 2. The van der Waals surface area contributed by atoms with Gasteiger partial charge in [-0.1, -0.05) is 0 Å². The molecule has 2 aromatic rings. The number of nitrogens with zero attached hydrogens (tertiary/aromatic N) is 5. The van der Waals surface area contributed by atoms with Gasteiger partial charge in [0.2, 0.25) is 0 Å². The van der Waals surface area contributed by atoms with Gasteiger partial charge in [-0.3, -0.25) is 4.68 Å². The maximum Gasteiger partial charge on any atom is 0.152 e. The highest BCUT2D eigenvalue weighted by Gasteiger charge is 1.99. The van der Waals surface area contributed by atoms with E-state index in [9.17, 15) is 0 Å². The van der Waals surface area contributed by atoms with Gasteiger partial charge >= 0.3 is 0 Å². The monoisotopic (exact) mass is 218 g/mol. The smallest absolute Gasteiger partial charge is 0.152 e. The van der Waals surface area contributed by atoms with E-state index >= 15 is 0 Å². The fourth-order valence-electron chi connectivity index (χ4n) is 1.36. The molecule has 6 nitrogen and oxygen atoms in total. The third-order valence-corrected chi connectivity index (χ3v) is 2.08. The van der Waals surface area contributed by atoms with Gasteiger partial charge in [0.05, 0.1) is 0 Å². The highest BCUT2D eigenvalue weighted by atomic mass is 15.3. The first-order valence-electron chi connectivity index (χ1n) is 5.12. The molecule has 0 radical (unpaired) electrons. The maximum atomic E-state index is 4.24. The summed E-state index contributed by atoms with van der Waals surface area (Å²) in [4.78, 5) is 12.4. The second-order valence-corrected chi connectivity index (χ2v) is 3.50. The van der Waals surface area contributed by atoms with Gasteiger partial charge in [0.15, 0.2) is 5.82 Å². The van der Waals surface area contributed by atoms with Gasteiger partial charge in [-0.2, -0.15) is 5.10 Å². The molecule has 0 fully saturated rings. The van der Waals surface area contributed by atoms with Gasteiger partial charge in [0.1, 0.15) is 18.0 Å². The lowest BCUT2D eigenvalue weighted by atomic mass is 10.4. The average Bonchev–Trinajstić information content (AvgIpc) is 2.64. The standard InChI is InChI=1S/C10H14N6/c1-8-11-5-3-9(14-8)12-6-4-10-13-7-16(2)15-10/h3,5,7H,4,6H2,1-2H3,(H,11,12,14). The zero-order valence-corrected chi connectivity index (χ0v) is 9.38. The van der Waals surface area contributed by atoms with Crippen molar-refractivity contribution in [2.75, 3.05) is 11.9 Å². The van der Waals surface area contributed by atoms with Crippen LogP contribution in [0, 0.1) is 6.92 Å². The predicted molar refractivity (Wildman–Crippen MR) is 60.0 cm³/mol. The van der Waals surface area contributed by atoms with Crippen LogP contribution in [0.3, 0.4) is 0 Å². The van der Waals surface area contributed by atoms with Crippen LogP contribution in [-0.4, -0.2) is 31.3 Å². The van der Waals surface area contributed by atoms with Crippen LogP contribution in [0.2, 0.25) is 0 Å². The fourth-order valence-corrected chi connectivity index (χ4v) is 1.36. The van der Waals surface area contributed by atoms with Crippen LogP contribution in [0.5, 0.6) is 0 Å². The molecular weight excluding hydrogens is 204 g/mol. The number of hydrogen-bond donors (Lipinski definition) is 1. The molecular formula is C10H14N6. The molecule has 0 bridgehead atoms. The molecule has 0 atom stereocenters. The number of aromatic nitrogens is 5. The number of anilines is 1. The highest BCUT2D eigenvalue weighted by Crippen LogP contribution is 2.01. The molecule has 0 aliphatic heterocycles. The van der Waals surface area contributed by atoms with Crippen LogP contribution in [0.4, 0.5) is 5.82 Å². The Balaban J connectivity index is 1.84. The van der Waals surface area contributed by atoms with Crippen LogP contribution in [0.25, 0.3) is 0 Å². The van der Waals surface area contributed by atoms with Crippen molar-refractivity contribution in [3.05, 3.63) is 30.2 Å². The molecule has 2 rings (SSSR count). The zero-order valence-electron chi connectivity index (χ0n) is 9.38. The van der Waals surface area contributed by atoms with Crippen LogP contribution in [0.15, 0.2) is 18.6 Å². The van der Waals surface area contributed by atoms with Crippen molar-refractivity contribution in [2.24, 2.45) is 7.05 Å². The summed E-state index contributed by atoms with van der Waals surface area (Å²) in [7, 11) is 1.86. The molecule has 0 saturated carbocycles. The van der Waals surface area contributed by atoms with Gasteiger partial charge in [-0.15, -0.1) is 0 Å². The lowest BCUT2D eigenvalue weighted by Crippen LogP contribution is -2.08. The summed E-state index contributed by atoms with van der Waals surface area (Å²) in [6.07, 6.45) is 4.22. The first-order valence-corrected chi connectivity index (χ1v) is 5.12. The topological polar surface area (TPSA) is 68.5 Å². The van der Waals surface area contributed by atoms with Crippen molar-refractivity contribution in [3.63, 3.8) is 0 Å². The van der Waals surface area contributed by atoms with E-state index in [0.717, 1.165) is 30.4 Å². The summed E-state index contributed by atoms with van der Waals surface area (Å²) < 4.78 is 1.70. The van der Waals surface area contributed by atoms with Crippen LogP contribution in [0.1, 0.15) is 11.6 Å². The number of rotatable bonds is 4. The van der Waals surface area contributed by atoms with Gasteiger partial charge in [0, 0.05) is 26.2 Å². The summed E-state index contributed by atoms with van der Waals surface area (Å²) in [5, 5.41) is 7.40. The molecule has 84 valence electrons. The molecule has 1 N–H and O–H groups in total. The summed E-state index contributed by atoms with van der Waals surface area (Å²) in [5.41, 5.74) is 0. The van der Waals surface area contributed by atoms with E-state index < -0.39 is 0 Å². The Kier molecular flexibility index (Phi) is 3.09. The molecule has 0 aromatic carbocycles. The first-order chi connectivity index (χ1) is 7.74. The molecule has 0 unspecified atom stereocenters. The predicted octanol–water partition coefficient (Wildman–Crippen LogP) is 0.568. The second kappa shape index (κ2) is 4.69. The molecule has 2 aromatic heterocycles. The lowest BCUT2D eigenvalue weighted by Gasteiger charge is -2.03. The minimum atomic E-state index is 0.764. The van der Waals surface area contributed by atoms with Crippen LogP contribution >= 0.6 is 0 Å². The van der Waals surface area contributed by atoms with Crippen molar-refractivity contribution in [3.8, 4) is 0 Å². The van der Waals surface area contributed by atoms with Crippen molar-refractivity contribution < 1.29 is 0 Å². The van der Waals surface area contributed by atoms with E-state index in [4.69, 9.17) is 0 Å².